The second kappa shape index (κ2) is 3.23. The van der Waals surface area contributed by atoms with Crippen LogP contribution in [0.3, 0.4) is 0 Å². The Balaban J connectivity index is 2.63. The van der Waals surface area contributed by atoms with Gasteiger partial charge in [0.2, 0.25) is 0 Å². The van der Waals surface area contributed by atoms with Gasteiger partial charge in [-0.2, -0.15) is 0 Å². The molecule has 0 radical (unpaired) electrons. The molecule has 0 fully saturated rings. The molecule has 1 aliphatic rings. The zero-order valence-corrected chi connectivity index (χ0v) is 5.67. The second-order valence-electron chi connectivity index (χ2n) is 2.02. The Labute approximate surface area is 55.8 Å². The van der Waals surface area contributed by atoms with Crippen LogP contribution in [0.4, 0.5) is 0 Å². The van der Waals surface area contributed by atoms with Gasteiger partial charge < -0.3 is 0 Å². The molecule has 1 heterocycles. The molecule has 0 saturated carbocycles. The van der Waals surface area contributed by atoms with Gasteiger partial charge in [-0.25, -0.2) is 0 Å². The fourth-order valence-electron chi connectivity index (χ4n) is 0.795. The molecule has 1 heteroatoms. The van der Waals surface area contributed by atoms with Crippen molar-refractivity contribution in [2.24, 2.45) is 4.99 Å². The lowest BCUT2D eigenvalue weighted by Gasteiger charge is -1.90. The third-order valence-electron chi connectivity index (χ3n) is 1.37. The lowest BCUT2D eigenvalue weighted by Crippen LogP contribution is -1.72. The van der Waals surface area contributed by atoms with E-state index in [9.17, 15) is 0 Å². The monoisotopic (exact) mass is 121 g/mol. The molecule has 1 aliphatic heterocycles. The summed E-state index contributed by atoms with van der Waals surface area (Å²) in [4.78, 5) is 4.01. The summed E-state index contributed by atoms with van der Waals surface area (Å²) in [6.07, 6.45) is 10.1. The molecular weight excluding hydrogens is 110 g/mol. The molecule has 0 atom stereocenters. The predicted octanol–water partition coefficient (Wildman–Crippen LogP) is 2.31. The summed E-state index contributed by atoms with van der Waals surface area (Å²) in [6.45, 7) is 2.15. The highest BCUT2D eigenvalue weighted by molar-refractivity contribution is 5.61. The molecule has 0 unspecified atom stereocenters. The van der Waals surface area contributed by atoms with Gasteiger partial charge in [-0.05, 0) is 12.5 Å². The molecule has 1 rings (SSSR count). The van der Waals surface area contributed by atoms with E-state index in [2.05, 4.69) is 24.1 Å². The van der Waals surface area contributed by atoms with Crippen molar-refractivity contribution in [2.45, 2.75) is 19.8 Å². The normalized spacial score (nSPS) is 17.2. The summed E-state index contributed by atoms with van der Waals surface area (Å²) in [5.41, 5.74) is 1.38. The summed E-state index contributed by atoms with van der Waals surface area (Å²) in [6, 6.07) is 0. The van der Waals surface area contributed by atoms with Gasteiger partial charge in [0.1, 0.15) is 0 Å². The molecule has 0 N–H and O–H groups in total. The first-order valence-electron chi connectivity index (χ1n) is 3.30. The Kier molecular flexibility index (Phi) is 2.25. The third kappa shape index (κ3) is 1.84. The molecule has 0 aromatic carbocycles. The van der Waals surface area contributed by atoms with E-state index in [1.165, 1.54) is 5.57 Å². The molecule has 9 heavy (non-hydrogen) atoms. The summed E-state index contributed by atoms with van der Waals surface area (Å²) < 4.78 is 0. The summed E-state index contributed by atoms with van der Waals surface area (Å²) in [5.74, 6) is 0. The maximum atomic E-state index is 4.01. The van der Waals surface area contributed by atoms with Crippen molar-refractivity contribution in [3.63, 3.8) is 0 Å². The summed E-state index contributed by atoms with van der Waals surface area (Å²) >= 11 is 0. The van der Waals surface area contributed by atoms with E-state index in [4.69, 9.17) is 0 Å². The molecule has 0 aromatic heterocycles. The maximum Gasteiger partial charge on any atom is 0.0266 e. The number of hydrogen-bond donors (Lipinski definition) is 0. The number of aliphatic imine (C=N–C) groups is 1. The fraction of sp³-hybridized carbons (Fsp3) is 0.375. The molecule has 0 spiro atoms. The van der Waals surface area contributed by atoms with E-state index in [-0.39, 0.29) is 0 Å². The van der Waals surface area contributed by atoms with Crippen molar-refractivity contribution in [2.75, 3.05) is 0 Å². The lowest BCUT2D eigenvalue weighted by molar-refractivity contribution is 1.14. The van der Waals surface area contributed by atoms with Crippen LogP contribution in [-0.2, 0) is 0 Å². The van der Waals surface area contributed by atoms with E-state index in [1.54, 1.807) is 0 Å². The Morgan fingerprint density at radius 3 is 3.33 bits per heavy atom. The van der Waals surface area contributed by atoms with Gasteiger partial charge in [-0.3, -0.25) is 4.99 Å². The van der Waals surface area contributed by atoms with Crippen molar-refractivity contribution >= 4 is 6.21 Å². The van der Waals surface area contributed by atoms with Crippen LogP contribution >= 0.6 is 0 Å². The van der Waals surface area contributed by atoms with E-state index in [0.29, 0.717) is 0 Å². The first-order chi connectivity index (χ1) is 4.43. The van der Waals surface area contributed by atoms with E-state index >= 15 is 0 Å². The average Bonchev–Trinajstić information content (AvgIpc) is 2.13. The van der Waals surface area contributed by atoms with E-state index in [0.717, 1.165) is 12.8 Å². The minimum absolute atomic E-state index is 0.982. The Bertz CT molecular complexity index is 163. The summed E-state index contributed by atoms with van der Waals surface area (Å²) in [7, 11) is 0. The van der Waals surface area contributed by atoms with Crippen molar-refractivity contribution in [3.05, 3.63) is 23.9 Å². The number of rotatable bonds is 1. The van der Waals surface area contributed by atoms with Gasteiger partial charge in [0.25, 0.3) is 0 Å². The Morgan fingerprint density at radius 1 is 1.67 bits per heavy atom. The van der Waals surface area contributed by atoms with Crippen molar-refractivity contribution < 1.29 is 0 Å². The molecule has 1 nitrogen and oxygen atoms in total. The topological polar surface area (TPSA) is 12.4 Å². The van der Waals surface area contributed by atoms with Crippen LogP contribution < -0.4 is 0 Å². The Hall–Kier alpha value is -0.850. The van der Waals surface area contributed by atoms with Crippen LogP contribution in [0.15, 0.2) is 28.9 Å². The molecule has 0 aromatic rings. The third-order valence-corrected chi connectivity index (χ3v) is 1.37. The highest BCUT2D eigenvalue weighted by Gasteiger charge is 1.87. The van der Waals surface area contributed by atoms with Gasteiger partial charge >= 0.3 is 0 Å². The SMILES string of the molecule is CCC1=CCC=NC=C1. The van der Waals surface area contributed by atoms with Crippen LogP contribution in [0.5, 0.6) is 0 Å². The van der Waals surface area contributed by atoms with E-state index in [1.807, 2.05) is 12.4 Å². The number of allylic oxidation sites excluding steroid dienone is 3. The van der Waals surface area contributed by atoms with Crippen molar-refractivity contribution in [3.8, 4) is 0 Å². The average molecular weight is 121 g/mol. The van der Waals surface area contributed by atoms with Gasteiger partial charge in [0.15, 0.2) is 0 Å². The quantitative estimate of drug-likeness (QED) is 0.504. The van der Waals surface area contributed by atoms with E-state index < -0.39 is 0 Å². The molecule has 0 aliphatic carbocycles. The molecular formula is C8H11N. The standard InChI is InChI=1S/C8H11N/c1-2-8-4-3-6-9-7-5-8/h4-7H,2-3H2,1H3. The van der Waals surface area contributed by atoms with Crippen LogP contribution in [0.2, 0.25) is 0 Å². The molecule has 48 valence electrons. The van der Waals surface area contributed by atoms with Gasteiger partial charge in [-0.15, -0.1) is 0 Å². The van der Waals surface area contributed by atoms with Gasteiger partial charge in [-0.1, -0.05) is 18.6 Å². The largest absolute Gasteiger partial charge is 0.269 e. The second-order valence-corrected chi connectivity index (χ2v) is 2.02. The first kappa shape index (κ1) is 6.27. The lowest BCUT2D eigenvalue weighted by atomic mass is 10.2. The van der Waals surface area contributed by atoms with Gasteiger partial charge in [0, 0.05) is 18.8 Å². The summed E-state index contributed by atoms with van der Waals surface area (Å²) in [5, 5.41) is 0. The predicted molar refractivity (Wildman–Crippen MR) is 40.6 cm³/mol. The molecule has 0 amide bonds. The minimum Gasteiger partial charge on any atom is -0.269 e. The minimum atomic E-state index is 0.982. The van der Waals surface area contributed by atoms with Crippen LogP contribution in [0, 0.1) is 0 Å². The number of hydrogen-bond acceptors (Lipinski definition) is 1. The van der Waals surface area contributed by atoms with Crippen molar-refractivity contribution in [1.29, 1.82) is 0 Å². The zero-order valence-electron chi connectivity index (χ0n) is 5.67. The van der Waals surface area contributed by atoms with Crippen molar-refractivity contribution in [1.82, 2.24) is 0 Å². The van der Waals surface area contributed by atoms with Gasteiger partial charge in [0.05, 0.1) is 0 Å². The maximum absolute atomic E-state index is 4.01. The highest BCUT2D eigenvalue weighted by Crippen LogP contribution is 2.05. The smallest absolute Gasteiger partial charge is 0.0266 e. The first-order valence-corrected chi connectivity index (χ1v) is 3.30. The molecule has 0 bridgehead atoms. The Morgan fingerprint density at radius 2 is 2.56 bits per heavy atom. The van der Waals surface area contributed by atoms with Crippen LogP contribution in [-0.4, -0.2) is 6.21 Å². The zero-order chi connectivity index (χ0) is 6.53. The highest BCUT2D eigenvalue weighted by atomic mass is 14.7. The molecule has 0 saturated heterocycles. The van der Waals surface area contributed by atoms with Crippen LogP contribution in [0.1, 0.15) is 19.8 Å². The number of nitrogens with zero attached hydrogens (tertiary/aromatic N) is 1. The fourth-order valence-corrected chi connectivity index (χ4v) is 0.795. The van der Waals surface area contributed by atoms with Crippen LogP contribution in [0.25, 0.3) is 0 Å².